The van der Waals surface area contributed by atoms with Crippen molar-refractivity contribution in [2.24, 2.45) is 0 Å². The number of imidazole rings is 1. The highest BCUT2D eigenvalue weighted by atomic mass is 16.5. The van der Waals surface area contributed by atoms with Gasteiger partial charge in [0.15, 0.2) is 0 Å². The Labute approximate surface area is 117 Å². The average molecular weight is 274 g/mol. The fourth-order valence-corrected chi connectivity index (χ4v) is 1.83. The van der Waals surface area contributed by atoms with Gasteiger partial charge in [0.05, 0.1) is 6.61 Å². The van der Waals surface area contributed by atoms with Crippen LogP contribution in [0.25, 0.3) is 0 Å². The van der Waals surface area contributed by atoms with Gasteiger partial charge in [-0.3, -0.25) is 4.79 Å². The highest BCUT2D eigenvalue weighted by molar-refractivity contribution is 5.95. The van der Waals surface area contributed by atoms with Gasteiger partial charge >= 0.3 is 0 Å². The summed E-state index contributed by atoms with van der Waals surface area (Å²) in [6.07, 6.45) is 4.09. The third kappa shape index (κ3) is 3.74. The molecule has 0 aliphatic rings. The van der Waals surface area contributed by atoms with Gasteiger partial charge in [-0.25, -0.2) is 4.98 Å². The molecule has 0 saturated carbocycles. The molecule has 0 unspecified atom stereocenters. The predicted octanol–water partition coefficient (Wildman–Crippen LogP) is 1.36. The summed E-state index contributed by atoms with van der Waals surface area (Å²) in [5.41, 5.74) is 6.76. The number of aromatic nitrogens is 2. The quantitative estimate of drug-likeness (QED) is 0.693. The second-order valence-corrected chi connectivity index (χ2v) is 4.27. The number of nitrogens with two attached hydrogens (primary N) is 1. The number of H-pyrrole nitrogens is 1. The number of nitrogens with one attached hydrogen (secondary N) is 2. The predicted molar refractivity (Wildman–Crippen MR) is 76.6 cm³/mol. The molecule has 1 amide bonds. The van der Waals surface area contributed by atoms with E-state index < -0.39 is 0 Å². The number of amides is 1. The molecule has 6 nitrogen and oxygen atoms in total. The highest BCUT2D eigenvalue weighted by Gasteiger charge is 2.08. The summed E-state index contributed by atoms with van der Waals surface area (Å²) in [4.78, 5) is 19.1. The topological polar surface area (TPSA) is 93.0 Å². The van der Waals surface area contributed by atoms with E-state index in [4.69, 9.17) is 10.5 Å². The molecule has 2 rings (SSSR count). The molecular formula is C14H18N4O2. The van der Waals surface area contributed by atoms with Crippen LogP contribution < -0.4 is 15.8 Å². The van der Waals surface area contributed by atoms with Crippen LogP contribution in [0.4, 0.5) is 5.69 Å². The third-order valence-electron chi connectivity index (χ3n) is 2.70. The van der Waals surface area contributed by atoms with Gasteiger partial charge in [0.25, 0.3) is 5.91 Å². The van der Waals surface area contributed by atoms with Crippen LogP contribution in [-0.2, 0) is 6.42 Å². The van der Waals surface area contributed by atoms with E-state index in [0.29, 0.717) is 36.6 Å². The van der Waals surface area contributed by atoms with Crippen molar-refractivity contribution in [2.75, 3.05) is 18.9 Å². The summed E-state index contributed by atoms with van der Waals surface area (Å²) in [7, 11) is 0. The number of rotatable bonds is 6. The SMILES string of the molecule is CCOc1cc(N)cc(C(=O)NCCc2ncc[nH]2)c1. The molecule has 0 radical (unpaired) electrons. The first-order chi connectivity index (χ1) is 9.69. The number of anilines is 1. The number of hydrogen-bond acceptors (Lipinski definition) is 4. The Morgan fingerprint density at radius 1 is 1.45 bits per heavy atom. The van der Waals surface area contributed by atoms with Gasteiger partial charge in [-0.15, -0.1) is 0 Å². The Morgan fingerprint density at radius 2 is 2.30 bits per heavy atom. The minimum atomic E-state index is -0.176. The molecule has 106 valence electrons. The molecule has 0 atom stereocenters. The van der Waals surface area contributed by atoms with Crippen molar-refractivity contribution in [3.8, 4) is 5.75 Å². The van der Waals surface area contributed by atoms with Gasteiger partial charge in [0.2, 0.25) is 0 Å². The lowest BCUT2D eigenvalue weighted by atomic mass is 10.1. The Bertz CT molecular complexity index is 567. The Hall–Kier alpha value is -2.50. The summed E-state index contributed by atoms with van der Waals surface area (Å²) in [5.74, 6) is 1.27. The van der Waals surface area contributed by atoms with Crippen LogP contribution in [0.2, 0.25) is 0 Å². The number of nitrogens with zero attached hydrogens (tertiary/aromatic N) is 1. The lowest BCUT2D eigenvalue weighted by Gasteiger charge is -2.08. The Balaban J connectivity index is 1.94. The highest BCUT2D eigenvalue weighted by Crippen LogP contribution is 2.18. The second kappa shape index (κ2) is 6.60. The standard InChI is InChI=1S/C14H18N4O2/c1-2-20-12-8-10(7-11(15)9-12)14(19)18-4-3-13-16-5-6-17-13/h5-9H,2-4,15H2,1H3,(H,16,17)(H,18,19). The van der Waals surface area contributed by atoms with Crippen molar-refractivity contribution >= 4 is 11.6 Å². The van der Waals surface area contributed by atoms with Crippen molar-refractivity contribution in [1.29, 1.82) is 0 Å². The van der Waals surface area contributed by atoms with Crippen LogP contribution >= 0.6 is 0 Å². The van der Waals surface area contributed by atoms with Crippen LogP contribution in [0.1, 0.15) is 23.1 Å². The first-order valence-electron chi connectivity index (χ1n) is 6.49. The normalized spacial score (nSPS) is 10.2. The van der Waals surface area contributed by atoms with Crippen LogP contribution in [0.5, 0.6) is 5.75 Å². The number of nitrogen functional groups attached to an aromatic ring is 1. The summed E-state index contributed by atoms with van der Waals surface area (Å²) >= 11 is 0. The van der Waals surface area contributed by atoms with Crippen molar-refractivity contribution in [2.45, 2.75) is 13.3 Å². The molecule has 0 saturated heterocycles. The third-order valence-corrected chi connectivity index (χ3v) is 2.70. The van der Waals surface area contributed by atoms with Gasteiger partial charge in [-0.05, 0) is 19.1 Å². The lowest BCUT2D eigenvalue weighted by Crippen LogP contribution is -2.26. The summed E-state index contributed by atoms with van der Waals surface area (Å²) in [5, 5.41) is 2.82. The van der Waals surface area contributed by atoms with E-state index in [0.717, 1.165) is 5.82 Å². The molecule has 0 spiro atoms. The zero-order chi connectivity index (χ0) is 14.4. The number of carbonyl (C=O) groups is 1. The molecule has 2 aromatic rings. The summed E-state index contributed by atoms with van der Waals surface area (Å²) < 4.78 is 5.37. The van der Waals surface area contributed by atoms with Crippen molar-refractivity contribution in [3.05, 3.63) is 42.0 Å². The molecule has 1 heterocycles. The van der Waals surface area contributed by atoms with E-state index >= 15 is 0 Å². The molecular weight excluding hydrogens is 256 g/mol. The van der Waals surface area contributed by atoms with E-state index in [1.54, 1.807) is 30.6 Å². The maximum Gasteiger partial charge on any atom is 0.251 e. The monoisotopic (exact) mass is 274 g/mol. The maximum absolute atomic E-state index is 12.0. The smallest absolute Gasteiger partial charge is 0.251 e. The molecule has 0 aliphatic heterocycles. The van der Waals surface area contributed by atoms with E-state index in [1.807, 2.05) is 6.92 Å². The van der Waals surface area contributed by atoms with Gasteiger partial charge in [0, 0.05) is 42.7 Å². The second-order valence-electron chi connectivity index (χ2n) is 4.27. The zero-order valence-electron chi connectivity index (χ0n) is 11.3. The van der Waals surface area contributed by atoms with E-state index in [2.05, 4.69) is 15.3 Å². The summed E-state index contributed by atoms with van der Waals surface area (Å²) in [6, 6.07) is 5.01. The fourth-order valence-electron chi connectivity index (χ4n) is 1.83. The number of hydrogen-bond donors (Lipinski definition) is 3. The lowest BCUT2D eigenvalue weighted by molar-refractivity contribution is 0.0953. The molecule has 1 aromatic heterocycles. The van der Waals surface area contributed by atoms with E-state index in [-0.39, 0.29) is 5.91 Å². The van der Waals surface area contributed by atoms with Crippen molar-refractivity contribution in [1.82, 2.24) is 15.3 Å². The Kier molecular flexibility index (Phi) is 4.60. The van der Waals surface area contributed by atoms with Crippen molar-refractivity contribution in [3.63, 3.8) is 0 Å². The van der Waals surface area contributed by atoms with Crippen LogP contribution in [-0.4, -0.2) is 29.0 Å². The molecule has 20 heavy (non-hydrogen) atoms. The van der Waals surface area contributed by atoms with Crippen LogP contribution in [0.3, 0.4) is 0 Å². The summed E-state index contributed by atoms with van der Waals surface area (Å²) in [6.45, 7) is 2.92. The largest absolute Gasteiger partial charge is 0.494 e. The average Bonchev–Trinajstić information content (AvgIpc) is 2.91. The number of ether oxygens (including phenoxy) is 1. The van der Waals surface area contributed by atoms with Crippen LogP contribution in [0.15, 0.2) is 30.6 Å². The number of benzene rings is 1. The minimum Gasteiger partial charge on any atom is -0.494 e. The van der Waals surface area contributed by atoms with Gasteiger partial charge in [-0.1, -0.05) is 0 Å². The van der Waals surface area contributed by atoms with Gasteiger partial charge in [0.1, 0.15) is 11.6 Å². The van der Waals surface area contributed by atoms with E-state index in [9.17, 15) is 4.79 Å². The minimum absolute atomic E-state index is 0.176. The number of carbonyl (C=O) groups excluding carboxylic acids is 1. The number of aromatic amines is 1. The van der Waals surface area contributed by atoms with Gasteiger partial charge < -0.3 is 20.8 Å². The van der Waals surface area contributed by atoms with Crippen molar-refractivity contribution < 1.29 is 9.53 Å². The maximum atomic E-state index is 12.0. The molecule has 0 fully saturated rings. The molecule has 0 aliphatic carbocycles. The van der Waals surface area contributed by atoms with Crippen LogP contribution in [0, 0.1) is 0 Å². The molecule has 0 bridgehead atoms. The molecule has 4 N–H and O–H groups in total. The van der Waals surface area contributed by atoms with E-state index in [1.165, 1.54) is 0 Å². The Morgan fingerprint density at radius 3 is 3.00 bits per heavy atom. The van der Waals surface area contributed by atoms with Gasteiger partial charge in [-0.2, -0.15) is 0 Å². The molecule has 1 aromatic carbocycles. The first-order valence-corrected chi connectivity index (χ1v) is 6.49. The molecule has 6 heteroatoms. The first kappa shape index (κ1) is 13.9. The zero-order valence-corrected chi connectivity index (χ0v) is 11.3. The fraction of sp³-hybridized carbons (Fsp3) is 0.286.